The Morgan fingerprint density at radius 2 is 2.07 bits per heavy atom. The average molecular weight is 273 g/mol. The first kappa shape index (κ1) is 11.1. The summed E-state index contributed by atoms with van der Waals surface area (Å²) in [7, 11) is 0. The van der Waals surface area contributed by atoms with Crippen LogP contribution in [0.5, 0.6) is 0 Å². The molecule has 1 heterocycles. The third kappa shape index (κ3) is 3.02. The molecule has 0 atom stereocenters. The maximum atomic E-state index is 14.3. The van der Waals surface area contributed by atoms with E-state index in [1.807, 2.05) is 24.3 Å². The van der Waals surface area contributed by atoms with Crippen molar-refractivity contribution in [2.75, 3.05) is 13.2 Å². The first-order valence-corrected chi connectivity index (χ1v) is 5.98. The minimum absolute atomic E-state index is 0.496. The van der Waals surface area contributed by atoms with Gasteiger partial charge in [0.05, 0.1) is 0 Å². The molecule has 0 aliphatic carbocycles. The van der Waals surface area contributed by atoms with Crippen molar-refractivity contribution in [2.45, 2.75) is 24.9 Å². The van der Waals surface area contributed by atoms with E-state index in [9.17, 15) is 4.39 Å². The van der Waals surface area contributed by atoms with Gasteiger partial charge in [0.15, 0.2) is 0 Å². The van der Waals surface area contributed by atoms with E-state index in [0.717, 1.165) is 10.0 Å². The summed E-state index contributed by atoms with van der Waals surface area (Å²) in [4.78, 5) is 0. The summed E-state index contributed by atoms with van der Waals surface area (Å²) in [5, 5.41) is 0. The SMILES string of the molecule is FC1(Cc2cccc(Br)c2)CCOCC1. The first-order chi connectivity index (χ1) is 7.18. The Bertz CT molecular complexity index is 334. The van der Waals surface area contributed by atoms with Crippen LogP contribution in [0.4, 0.5) is 4.39 Å². The van der Waals surface area contributed by atoms with E-state index < -0.39 is 5.67 Å². The quantitative estimate of drug-likeness (QED) is 0.801. The first-order valence-electron chi connectivity index (χ1n) is 5.19. The Hall–Kier alpha value is -0.410. The van der Waals surface area contributed by atoms with Gasteiger partial charge in [-0.3, -0.25) is 0 Å². The van der Waals surface area contributed by atoms with Crippen molar-refractivity contribution in [3.8, 4) is 0 Å². The van der Waals surface area contributed by atoms with Gasteiger partial charge in [-0.05, 0) is 17.7 Å². The van der Waals surface area contributed by atoms with Gasteiger partial charge >= 0.3 is 0 Å². The van der Waals surface area contributed by atoms with Crippen molar-refractivity contribution in [1.29, 1.82) is 0 Å². The van der Waals surface area contributed by atoms with E-state index in [-0.39, 0.29) is 0 Å². The fraction of sp³-hybridized carbons (Fsp3) is 0.500. The number of halogens is 2. The van der Waals surface area contributed by atoms with Crippen molar-refractivity contribution in [3.05, 3.63) is 34.3 Å². The Labute approximate surface area is 97.8 Å². The van der Waals surface area contributed by atoms with Crippen molar-refractivity contribution in [3.63, 3.8) is 0 Å². The lowest BCUT2D eigenvalue weighted by atomic mass is 9.89. The van der Waals surface area contributed by atoms with Crippen molar-refractivity contribution >= 4 is 15.9 Å². The molecule has 0 N–H and O–H groups in total. The van der Waals surface area contributed by atoms with Crippen LogP contribution in [0.15, 0.2) is 28.7 Å². The van der Waals surface area contributed by atoms with Crippen LogP contribution in [0.2, 0.25) is 0 Å². The summed E-state index contributed by atoms with van der Waals surface area (Å²) < 4.78 is 20.5. The molecular formula is C12H14BrFO. The lowest BCUT2D eigenvalue weighted by Gasteiger charge is -2.29. The highest BCUT2D eigenvalue weighted by Gasteiger charge is 2.32. The van der Waals surface area contributed by atoms with Crippen LogP contribution in [-0.2, 0) is 11.2 Å². The molecule has 0 saturated carbocycles. The van der Waals surface area contributed by atoms with E-state index in [4.69, 9.17) is 4.74 Å². The predicted molar refractivity (Wildman–Crippen MR) is 61.7 cm³/mol. The van der Waals surface area contributed by atoms with E-state index >= 15 is 0 Å². The fourth-order valence-corrected chi connectivity index (χ4v) is 2.37. The minimum Gasteiger partial charge on any atom is -0.381 e. The van der Waals surface area contributed by atoms with E-state index in [2.05, 4.69) is 15.9 Å². The zero-order chi connectivity index (χ0) is 10.7. The molecule has 0 spiro atoms. The molecule has 0 aromatic heterocycles. The average Bonchev–Trinajstić information content (AvgIpc) is 2.18. The maximum absolute atomic E-state index is 14.3. The highest BCUT2D eigenvalue weighted by atomic mass is 79.9. The van der Waals surface area contributed by atoms with Gasteiger partial charge in [0.2, 0.25) is 0 Å². The number of alkyl halides is 1. The molecule has 0 radical (unpaired) electrons. The van der Waals surface area contributed by atoms with E-state index in [0.29, 0.717) is 32.5 Å². The van der Waals surface area contributed by atoms with Crippen LogP contribution < -0.4 is 0 Å². The smallest absolute Gasteiger partial charge is 0.119 e. The molecule has 1 saturated heterocycles. The molecular weight excluding hydrogens is 259 g/mol. The summed E-state index contributed by atoms with van der Waals surface area (Å²) >= 11 is 3.40. The van der Waals surface area contributed by atoms with E-state index in [1.165, 1.54) is 0 Å². The molecule has 0 unspecified atom stereocenters. The predicted octanol–water partition coefficient (Wildman–Crippen LogP) is 3.51. The van der Waals surface area contributed by atoms with Crippen LogP contribution >= 0.6 is 15.9 Å². The number of ether oxygens (including phenoxy) is 1. The zero-order valence-corrected chi connectivity index (χ0v) is 10.1. The molecule has 2 rings (SSSR count). The molecule has 1 fully saturated rings. The highest BCUT2D eigenvalue weighted by Crippen LogP contribution is 2.29. The molecule has 15 heavy (non-hydrogen) atoms. The molecule has 0 bridgehead atoms. The van der Waals surface area contributed by atoms with Crippen LogP contribution in [0.3, 0.4) is 0 Å². The number of hydrogen-bond donors (Lipinski definition) is 0. The fourth-order valence-electron chi connectivity index (χ4n) is 1.93. The molecule has 1 aromatic rings. The summed E-state index contributed by atoms with van der Waals surface area (Å²) in [6, 6.07) is 7.86. The minimum atomic E-state index is -1.07. The van der Waals surface area contributed by atoms with Crippen LogP contribution in [-0.4, -0.2) is 18.9 Å². The molecule has 1 aromatic carbocycles. The second-order valence-corrected chi connectivity index (χ2v) is 4.99. The third-order valence-electron chi connectivity index (χ3n) is 2.80. The largest absolute Gasteiger partial charge is 0.381 e. The summed E-state index contributed by atoms with van der Waals surface area (Å²) in [5.74, 6) is 0. The number of benzene rings is 1. The second kappa shape index (κ2) is 4.62. The van der Waals surface area contributed by atoms with Crippen LogP contribution in [0.1, 0.15) is 18.4 Å². The molecule has 1 aliphatic heterocycles. The van der Waals surface area contributed by atoms with Crippen molar-refractivity contribution < 1.29 is 9.13 Å². The zero-order valence-electron chi connectivity index (χ0n) is 8.51. The number of rotatable bonds is 2. The van der Waals surface area contributed by atoms with Crippen molar-refractivity contribution in [1.82, 2.24) is 0 Å². The summed E-state index contributed by atoms with van der Waals surface area (Å²) in [6.45, 7) is 1.09. The Morgan fingerprint density at radius 3 is 2.73 bits per heavy atom. The van der Waals surface area contributed by atoms with Gasteiger partial charge in [-0.25, -0.2) is 4.39 Å². The Kier molecular flexibility index (Phi) is 3.42. The highest BCUT2D eigenvalue weighted by molar-refractivity contribution is 9.10. The van der Waals surface area contributed by atoms with Gasteiger partial charge in [0.25, 0.3) is 0 Å². The molecule has 1 aliphatic rings. The van der Waals surface area contributed by atoms with Gasteiger partial charge in [-0.15, -0.1) is 0 Å². The third-order valence-corrected chi connectivity index (χ3v) is 3.29. The van der Waals surface area contributed by atoms with Gasteiger partial charge in [0, 0.05) is 36.9 Å². The standard InChI is InChI=1S/C12H14BrFO/c13-11-3-1-2-10(8-11)9-12(14)4-6-15-7-5-12/h1-3,8H,4-7,9H2. The maximum Gasteiger partial charge on any atom is 0.119 e. The summed E-state index contributed by atoms with van der Waals surface area (Å²) in [6.07, 6.45) is 1.52. The Morgan fingerprint density at radius 1 is 1.33 bits per heavy atom. The monoisotopic (exact) mass is 272 g/mol. The van der Waals surface area contributed by atoms with E-state index in [1.54, 1.807) is 0 Å². The van der Waals surface area contributed by atoms with Gasteiger partial charge < -0.3 is 4.74 Å². The topological polar surface area (TPSA) is 9.23 Å². The normalized spacial score (nSPS) is 20.1. The number of hydrogen-bond acceptors (Lipinski definition) is 1. The molecule has 0 amide bonds. The summed E-state index contributed by atoms with van der Waals surface area (Å²) in [5.41, 5.74) is -0.0206. The second-order valence-electron chi connectivity index (χ2n) is 4.07. The molecule has 1 nitrogen and oxygen atoms in total. The lowest BCUT2D eigenvalue weighted by Crippen LogP contribution is -2.33. The van der Waals surface area contributed by atoms with Crippen LogP contribution in [0.25, 0.3) is 0 Å². The lowest BCUT2D eigenvalue weighted by molar-refractivity contribution is -0.00816. The van der Waals surface area contributed by atoms with Crippen LogP contribution in [0, 0.1) is 0 Å². The molecule has 82 valence electrons. The van der Waals surface area contributed by atoms with Gasteiger partial charge in [-0.1, -0.05) is 28.1 Å². The van der Waals surface area contributed by atoms with Crippen molar-refractivity contribution in [2.24, 2.45) is 0 Å². The van der Waals surface area contributed by atoms with Gasteiger partial charge in [0.1, 0.15) is 5.67 Å². The van der Waals surface area contributed by atoms with Gasteiger partial charge in [-0.2, -0.15) is 0 Å². The molecule has 3 heteroatoms. The Balaban J connectivity index is 2.06.